The van der Waals surface area contributed by atoms with Gasteiger partial charge in [-0.1, -0.05) is 12.1 Å². The molecule has 6 nitrogen and oxygen atoms in total. The minimum Gasteiger partial charge on any atom is -0.338 e. The van der Waals surface area contributed by atoms with Crippen LogP contribution in [-0.2, 0) is 7.05 Å². The Morgan fingerprint density at radius 2 is 2.35 bits per heavy atom. The smallest absolute Gasteiger partial charge is 0.238 e. The summed E-state index contributed by atoms with van der Waals surface area (Å²) < 4.78 is 7.22. The molecule has 0 unspecified atom stereocenters. The zero-order chi connectivity index (χ0) is 11.8. The first kappa shape index (κ1) is 10.5. The highest BCUT2D eigenvalue weighted by Crippen LogP contribution is 2.27. The molecule has 2 aromatic heterocycles. The molecule has 1 aliphatic rings. The third-order valence-electron chi connectivity index (χ3n) is 3.30. The maximum atomic E-state index is 5.34. The second-order valence-corrected chi connectivity index (χ2v) is 4.56. The number of hydrogen-bond acceptors (Lipinski definition) is 5. The summed E-state index contributed by atoms with van der Waals surface area (Å²) in [6.07, 6.45) is 3.59. The summed E-state index contributed by atoms with van der Waals surface area (Å²) in [6, 6.07) is 0. The van der Waals surface area contributed by atoms with E-state index in [4.69, 9.17) is 4.52 Å². The Bertz CT molecular complexity index is 517. The van der Waals surface area contributed by atoms with Crippen LogP contribution in [0.2, 0.25) is 0 Å². The average molecular weight is 233 g/mol. The van der Waals surface area contributed by atoms with Crippen LogP contribution in [0.1, 0.15) is 18.7 Å². The molecular weight excluding hydrogens is 218 g/mol. The van der Waals surface area contributed by atoms with Crippen molar-refractivity contribution >= 4 is 0 Å². The van der Waals surface area contributed by atoms with E-state index in [1.807, 2.05) is 17.8 Å². The summed E-state index contributed by atoms with van der Waals surface area (Å²) >= 11 is 0. The van der Waals surface area contributed by atoms with Gasteiger partial charge in [0, 0.05) is 26.0 Å². The zero-order valence-corrected chi connectivity index (χ0v) is 9.92. The second-order valence-electron chi connectivity index (χ2n) is 4.56. The summed E-state index contributed by atoms with van der Waals surface area (Å²) in [5.74, 6) is 2.85. The molecule has 17 heavy (non-hydrogen) atoms. The predicted octanol–water partition coefficient (Wildman–Crippen LogP) is 0.793. The molecular formula is C11H15N5O. The second kappa shape index (κ2) is 3.96. The molecule has 0 spiro atoms. The number of rotatable bonds is 2. The highest BCUT2D eigenvalue weighted by Gasteiger charge is 2.30. The SMILES string of the molecule is C[C@@H]1CNC[C@H]1c1nc(-c2nccn2C)no1. The fourth-order valence-electron chi connectivity index (χ4n) is 2.20. The fourth-order valence-corrected chi connectivity index (χ4v) is 2.20. The first-order chi connectivity index (χ1) is 8.25. The van der Waals surface area contributed by atoms with Gasteiger partial charge in [0.15, 0.2) is 5.82 Å². The van der Waals surface area contributed by atoms with E-state index in [1.54, 1.807) is 6.20 Å². The molecule has 2 aromatic rings. The van der Waals surface area contributed by atoms with E-state index < -0.39 is 0 Å². The van der Waals surface area contributed by atoms with Gasteiger partial charge in [-0.15, -0.1) is 0 Å². The van der Waals surface area contributed by atoms with Crippen LogP contribution < -0.4 is 5.32 Å². The Balaban J connectivity index is 1.90. The van der Waals surface area contributed by atoms with E-state index >= 15 is 0 Å². The maximum Gasteiger partial charge on any atom is 0.238 e. The van der Waals surface area contributed by atoms with Crippen molar-refractivity contribution in [2.45, 2.75) is 12.8 Å². The molecule has 3 rings (SSSR count). The predicted molar refractivity (Wildman–Crippen MR) is 61.3 cm³/mol. The number of aromatic nitrogens is 4. The zero-order valence-electron chi connectivity index (χ0n) is 9.92. The van der Waals surface area contributed by atoms with Crippen molar-refractivity contribution in [2.24, 2.45) is 13.0 Å². The molecule has 0 amide bonds. The first-order valence-electron chi connectivity index (χ1n) is 5.77. The van der Waals surface area contributed by atoms with Crippen LogP contribution in [0, 0.1) is 5.92 Å². The third-order valence-corrected chi connectivity index (χ3v) is 3.30. The summed E-state index contributed by atoms with van der Waals surface area (Å²) in [5, 5.41) is 7.33. The molecule has 1 saturated heterocycles. The summed E-state index contributed by atoms with van der Waals surface area (Å²) in [6.45, 7) is 4.10. The van der Waals surface area contributed by atoms with E-state index in [0.29, 0.717) is 23.6 Å². The molecule has 0 saturated carbocycles. The highest BCUT2D eigenvalue weighted by atomic mass is 16.5. The molecule has 3 heterocycles. The average Bonchev–Trinajstić information content (AvgIpc) is 2.97. The minimum absolute atomic E-state index is 0.316. The van der Waals surface area contributed by atoms with Crippen LogP contribution in [-0.4, -0.2) is 32.8 Å². The summed E-state index contributed by atoms with van der Waals surface area (Å²) in [4.78, 5) is 8.65. The molecule has 0 aromatic carbocycles. The molecule has 0 bridgehead atoms. The quantitative estimate of drug-likeness (QED) is 0.830. The van der Waals surface area contributed by atoms with Gasteiger partial charge in [0.25, 0.3) is 0 Å². The van der Waals surface area contributed by atoms with Crippen molar-refractivity contribution in [3.05, 3.63) is 18.3 Å². The van der Waals surface area contributed by atoms with E-state index in [-0.39, 0.29) is 0 Å². The molecule has 0 aliphatic carbocycles. The van der Waals surface area contributed by atoms with Crippen molar-refractivity contribution in [3.8, 4) is 11.6 Å². The standard InChI is InChI=1S/C11H15N5O/c1-7-5-12-6-8(7)11-14-9(15-17-11)10-13-3-4-16(10)2/h3-4,7-8,12H,5-6H2,1-2H3/t7-,8-/m1/s1. The monoisotopic (exact) mass is 233 g/mol. The Hall–Kier alpha value is -1.69. The Labute approximate surface area is 99.0 Å². The van der Waals surface area contributed by atoms with E-state index in [2.05, 4.69) is 27.4 Å². The molecule has 90 valence electrons. The lowest BCUT2D eigenvalue weighted by Gasteiger charge is -2.07. The lowest BCUT2D eigenvalue weighted by molar-refractivity contribution is 0.339. The highest BCUT2D eigenvalue weighted by molar-refractivity contribution is 5.42. The number of nitrogens with one attached hydrogen (secondary N) is 1. The van der Waals surface area contributed by atoms with Crippen LogP contribution in [0.25, 0.3) is 11.6 Å². The largest absolute Gasteiger partial charge is 0.338 e. The molecule has 1 fully saturated rings. The lowest BCUT2D eigenvalue weighted by Crippen LogP contribution is -2.08. The molecule has 1 N–H and O–H groups in total. The number of nitrogens with zero attached hydrogens (tertiary/aromatic N) is 4. The van der Waals surface area contributed by atoms with Crippen LogP contribution >= 0.6 is 0 Å². The lowest BCUT2D eigenvalue weighted by atomic mass is 9.98. The van der Waals surface area contributed by atoms with Gasteiger partial charge in [0.05, 0.1) is 5.92 Å². The first-order valence-corrected chi connectivity index (χ1v) is 5.77. The van der Waals surface area contributed by atoms with Crippen LogP contribution in [0.15, 0.2) is 16.9 Å². The topological polar surface area (TPSA) is 68.8 Å². The Morgan fingerprint density at radius 3 is 3.00 bits per heavy atom. The van der Waals surface area contributed by atoms with Crippen molar-refractivity contribution in [1.82, 2.24) is 25.0 Å². The van der Waals surface area contributed by atoms with Gasteiger partial charge in [0.2, 0.25) is 11.7 Å². The Kier molecular flexibility index (Phi) is 2.44. The van der Waals surface area contributed by atoms with Crippen molar-refractivity contribution in [1.29, 1.82) is 0 Å². The normalized spacial score (nSPS) is 24.4. The van der Waals surface area contributed by atoms with Crippen LogP contribution in [0.3, 0.4) is 0 Å². The molecule has 0 radical (unpaired) electrons. The van der Waals surface area contributed by atoms with Gasteiger partial charge >= 0.3 is 0 Å². The van der Waals surface area contributed by atoms with Gasteiger partial charge in [0.1, 0.15) is 0 Å². The number of hydrogen-bond donors (Lipinski definition) is 1. The van der Waals surface area contributed by atoms with Gasteiger partial charge in [-0.2, -0.15) is 4.98 Å². The van der Waals surface area contributed by atoms with Crippen molar-refractivity contribution < 1.29 is 4.52 Å². The molecule has 6 heteroatoms. The third kappa shape index (κ3) is 1.74. The Morgan fingerprint density at radius 1 is 1.47 bits per heavy atom. The maximum absolute atomic E-state index is 5.34. The van der Waals surface area contributed by atoms with Gasteiger partial charge in [-0.05, 0) is 12.5 Å². The summed E-state index contributed by atoms with van der Waals surface area (Å²) in [7, 11) is 1.91. The minimum atomic E-state index is 0.316. The van der Waals surface area contributed by atoms with Crippen LogP contribution in [0.4, 0.5) is 0 Å². The van der Waals surface area contributed by atoms with E-state index in [9.17, 15) is 0 Å². The van der Waals surface area contributed by atoms with Crippen molar-refractivity contribution in [3.63, 3.8) is 0 Å². The van der Waals surface area contributed by atoms with E-state index in [0.717, 1.165) is 18.9 Å². The van der Waals surface area contributed by atoms with Gasteiger partial charge < -0.3 is 14.4 Å². The molecule has 2 atom stereocenters. The van der Waals surface area contributed by atoms with Gasteiger partial charge in [-0.3, -0.25) is 0 Å². The van der Waals surface area contributed by atoms with Crippen molar-refractivity contribution in [2.75, 3.05) is 13.1 Å². The van der Waals surface area contributed by atoms with E-state index in [1.165, 1.54) is 0 Å². The number of imidazole rings is 1. The van der Waals surface area contributed by atoms with Crippen LogP contribution in [0.5, 0.6) is 0 Å². The van der Waals surface area contributed by atoms with Gasteiger partial charge in [-0.25, -0.2) is 4.98 Å². The molecule has 1 aliphatic heterocycles. The number of aryl methyl sites for hydroxylation is 1. The fraction of sp³-hybridized carbons (Fsp3) is 0.545. The summed E-state index contributed by atoms with van der Waals surface area (Å²) in [5.41, 5.74) is 0.